The molecule has 2 N–H and O–H groups in total. The fraction of sp³-hybridized carbons (Fsp3) is 0.200. The lowest BCUT2D eigenvalue weighted by Crippen LogP contribution is -2.42. The van der Waals surface area contributed by atoms with Crippen LogP contribution in [0.5, 0.6) is 0 Å². The van der Waals surface area contributed by atoms with Crippen molar-refractivity contribution in [3.05, 3.63) is 58.4 Å². The molecule has 0 saturated heterocycles. The van der Waals surface area contributed by atoms with Gasteiger partial charge in [-0.2, -0.15) is 0 Å². The average Bonchev–Trinajstić information content (AvgIpc) is 2.53. The number of rotatable bonds is 3. The fourth-order valence-electron chi connectivity index (χ4n) is 1.66. The lowest BCUT2D eigenvalue weighted by atomic mass is 10.2. The number of amides is 2. The minimum Gasteiger partial charge on any atom is -0.267 e. The van der Waals surface area contributed by atoms with Crippen LogP contribution in [0.2, 0.25) is 5.02 Å². The second-order valence-corrected chi connectivity index (χ2v) is 5.40. The van der Waals surface area contributed by atoms with Gasteiger partial charge < -0.3 is 0 Å². The third kappa shape index (κ3) is 4.23. The van der Waals surface area contributed by atoms with Gasteiger partial charge in [0, 0.05) is 11.5 Å². The van der Waals surface area contributed by atoms with E-state index in [9.17, 15) is 14.0 Å². The van der Waals surface area contributed by atoms with Crippen molar-refractivity contribution >= 4 is 23.4 Å². The molecule has 0 aliphatic heterocycles. The molecule has 1 aromatic carbocycles. The van der Waals surface area contributed by atoms with Crippen molar-refractivity contribution in [1.82, 2.24) is 20.8 Å². The Morgan fingerprint density at radius 2 is 1.74 bits per heavy atom. The number of nitrogens with one attached hydrogen (secondary N) is 2. The maximum Gasteiger partial charge on any atom is 0.289 e. The molecule has 0 atom stereocenters. The van der Waals surface area contributed by atoms with Gasteiger partial charge in [0.25, 0.3) is 11.8 Å². The molecule has 2 amide bonds. The molecule has 0 saturated carbocycles. The lowest BCUT2D eigenvalue weighted by molar-refractivity contribution is 0.0843. The number of carbonyl (C=O) groups excluding carboxylic acids is 2. The number of halogens is 2. The predicted octanol–water partition coefficient (Wildman–Crippen LogP) is 2.47. The third-order valence-corrected chi connectivity index (χ3v) is 3.17. The number of nitrogens with zero attached hydrogens (tertiary/aromatic N) is 2. The first-order chi connectivity index (χ1) is 10.9. The maximum atomic E-state index is 12.8. The molecular weight excluding hydrogens is 323 g/mol. The third-order valence-electron chi connectivity index (χ3n) is 2.89. The highest BCUT2D eigenvalue weighted by Gasteiger charge is 2.16. The van der Waals surface area contributed by atoms with Crippen molar-refractivity contribution in [1.29, 1.82) is 0 Å². The Kier molecular flexibility index (Phi) is 5.23. The SMILES string of the molecule is CC(C)c1ncc(Cl)c(C(=O)NNC(=O)c2ccc(F)cc2)n1. The summed E-state index contributed by atoms with van der Waals surface area (Å²) in [5.41, 5.74) is 4.58. The predicted molar refractivity (Wildman–Crippen MR) is 82.5 cm³/mol. The zero-order valence-electron chi connectivity index (χ0n) is 12.4. The van der Waals surface area contributed by atoms with E-state index in [4.69, 9.17) is 11.6 Å². The van der Waals surface area contributed by atoms with E-state index >= 15 is 0 Å². The Balaban J connectivity index is 2.06. The van der Waals surface area contributed by atoms with Gasteiger partial charge in [-0.15, -0.1) is 0 Å². The lowest BCUT2D eigenvalue weighted by Gasteiger charge is -2.10. The Labute approximate surface area is 137 Å². The molecule has 0 aliphatic rings. The molecule has 0 bridgehead atoms. The van der Waals surface area contributed by atoms with E-state index in [1.54, 1.807) is 0 Å². The van der Waals surface area contributed by atoms with Crippen LogP contribution in [0.15, 0.2) is 30.5 Å². The van der Waals surface area contributed by atoms with Crippen LogP contribution in [0.3, 0.4) is 0 Å². The minimum atomic E-state index is -0.672. The number of hydrazine groups is 1. The van der Waals surface area contributed by atoms with E-state index in [1.165, 1.54) is 18.3 Å². The molecule has 0 aliphatic carbocycles. The van der Waals surface area contributed by atoms with Crippen LogP contribution in [0.4, 0.5) is 4.39 Å². The first-order valence-corrected chi connectivity index (χ1v) is 7.15. The molecule has 23 heavy (non-hydrogen) atoms. The summed E-state index contributed by atoms with van der Waals surface area (Å²) >= 11 is 5.91. The summed E-state index contributed by atoms with van der Waals surface area (Å²) in [4.78, 5) is 32.0. The quantitative estimate of drug-likeness (QED) is 0.843. The van der Waals surface area contributed by atoms with E-state index in [1.807, 2.05) is 13.8 Å². The van der Waals surface area contributed by atoms with Gasteiger partial charge in [-0.3, -0.25) is 20.4 Å². The molecule has 0 spiro atoms. The first kappa shape index (κ1) is 16.8. The van der Waals surface area contributed by atoms with E-state index < -0.39 is 17.6 Å². The van der Waals surface area contributed by atoms with Crippen molar-refractivity contribution in [2.45, 2.75) is 19.8 Å². The van der Waals surface area contributed by atoms with Crippen molar-refractivity contribution in [2.75, 3.05) is 0 Å². The molecular formula is C15H14ClFN4O2. The van der Waals surface area contributed by atoms with Gasteiger partial charge in [-0.05, 0) is 24.3 Å². The van der Waals surface area contributed by atoms with Crippen LogP contribution in [0, 0.1) is 5.82 Å². The number of hydrogen-bond donors (Lipinski definition) is 2. The Morgan fingerprint density at radius 3 is 2.35 bits per heavy atom. The fourth-order valence-corrected chi connectivity index (χ4v) is 1.84. The van der Waals surface area contributed by atoms with E-state index in [-0.39, 0.29) is 22.2 Å². The van der Waals surface area contributed by atoms with Gasteiger partial charge in [0.1, 0.15) is 11.6 Å². The maximum absolute atomic E-state index is 12.8. The molecule has 2 aromatic rings. The van der Waals surface area contributed by atoms with Crippen molar-refractivity contribution < 1.29 is 14.0 Å². The first-order valence-electron chi connectivity index (χ1n) is 6.77. The summed E-state index contributed by atoms with van der Waals surface area (Å²) < 4.78 is 12.8. The van der Waals surface area contributed by atoms with Crippen LogP contribution < -0.4 is 10.9 Å². The van der Waals surface area contributed by atoms with Gasteiger partial charge >= 0.3 is 0 Å². The van der Waals surface area contributed by atoms with Crippen LogP contribution in [-0.2, 0) is 0 Å². The Morgan fingerprint density at radius 1 is 1.13 bits per heavy atom. The molecule has 1 aromatic heterocycles. The van der Waals surface area contributed by atoms with Gasteiger partial charge in [-0.25, -0.2) is 14.4 Å². The Bertz CT molecular complexity index is 735. The molecule has 6 nitrogen and oxygen atoms in total. The van der Waals surface area contributed by atoms with Gasteiger partial charge in [-0.1, -0.05) is 25.4 Å². The van der Waals surface area contributed by atoms with Crippen molar-refractivity contribution in [3.63, 3.8) is 0 Å². The molecule has 0 unspecified atom stereocenters. The Hall–Kier alpha value is -2.54. The smallest absolute Gasteiger partial charge is 0.267 e. The van der Waals surface area contributed by atoms with Crippen LogP contribution in [-0.4, -0.2) is 21.8 Å². The van der Waals surface area contributed by atoms with Crippen LogP contribution in [0.1, 0.15) is 46.4 Å². The largest absolute Gasteiger partial charge is 0.289 e. The van der Waals surface area contributed by atoms with E-state index in [0.717, 1.165) is 12.1 Å². The summed E-state index contributed by atoms with van der Waals surface area (Å²) in [5, 5.41) is 0.0722. The minimum absolute atomic E-state index is 0.0209. The number of hydrogen-bond acceptors (Lipinski definition) is 4. The highest BCUT2D eigenvalue weighted by molar-refractivity contribution is 6.33. The molecule has 8 heteroatoms. The van der Waals surface area contributed by atoms with Crippen molar-refractivity contribution in [3.8, 4) is 0 Å². The van der Waals surface area contributed by atoms with E-state index in [0.29, 0.717) is 5.82 Å². The number of aromatic nitrogens is 2. The summed E-state index contributed by atoms with van der Waals surface area (Å²) in [6.45, 7) is 3.75. The molecule has 1 heterocycles. The summed E-state index contributed by atoms with van der Waals surface area (Å²) in [6, 6.07) is 4.89. The zero-order valence-corrected chi connectivity index (χ0v) is 13.2. The number of benzene rings is 1. The average molecular weight is 337 g/mol. The summed E-state index contributed by atoms with van der Waals surface area (Å²) in [6.07, 6.45) is 1.33. The van der Waals surface area contributed by atoms with Crippen molar-refractivity contribution in [2.24, 2.45) is 0 Å². The van der Waals surface area contributed by atoms with Crippen LogP contribution in [0.25, 0.3) is 0 Å². The van der Waals surface area contributed by atoms with E-state index in [2.05, 4.69) is 20.8 Å². The van der Waals surface area contributed by atoms with Gasteiger partial charge in [0.05, 0.1) is 11.2 Å². The molecule has 0 radical (unpaired) electrons. The van der Waals surface area contributed by atoms with Gasteiger partial charge in [0.15, 0.2) is 5.69 Å². The van der Waals surface area contributed by atoms with Gasteiger partial charge in [0.2, 0.25) is 0 Å². The normalized spacial score (nSPS) is 10.5. The summed E-state index contributed by atoms with van der Waals surface area (Å²) in [7, 11) is 0. The highest BCUT2D eigenvalue weighted by atomic mass is 35.5. The second-order valence-electron chi connectivity index (χ2n) is 4.99. The highest BCUT2D eigenvalue weighted by Crippen LogP contribution is 2.16. The topological polar surface area (TPSA) is 84.0 Å². The number of carbonyl (C=O) groups is 2. The standard InChI is InChI=1S/C15H14ClFN4O2/c1-8(2)13-18-7-11(16)12(19-13)15(23)21-20-14(22)9-3-5-10(17)6-4-9/h3-8H,1-2H3,(H,20,22)(H,21,23). The summed E-state index contributed by atoms with van der Waals surface area (Å²) in [5.74, 6) is -1.24. The second kappa shape index (κ2) is 7.15. The molecule has 0 fully saturated rings. The zero-order chi connectivity index (χ0) is 17.0. The van der Waals surface area contributed by atoms with Crippen LogP contribution >= 0.6 is 11.6 Å². The molecule has 2 rings (SSSR count). The monoisotopic (exact) mass is 336 g/mol. The molecule has 120 valence electrons.